The van der Waals surface area contributed by atoms with E-state index in [-0.39, 0.29) is 6.04 Å². The van der Waals surface area contributed by atoms with E-state index in [1.807, 2.05) is 23.7 Å². The Morgan fingerprint density at radius 1 is 1.33 bits per heavy atom. The number of aryl methyl sites for hydroxylation is 1. The van der Waals surface area contributed by atoms with Gasteiger partial charge in [-0.2, -0.15) is 5.10 Å². The number of anilines is 1. The van der Waals surface area contributed by atoms with Crippen LogP contribution in [0.2, 0.25) is 10.0 Å². The van der Waals surface area contributed by atoms with Gasteiger partial charge in [0.25, 0.3) is 0 Å². The van der Waals surface area contributed by atoms with Gasteiger partial charge in [0.05, 0.1) is 21.8 Å². The summed E-state index contributed by atoms with van der Waals surface area (Å²) in [7, 11) is 0. The summed E-state index contributed by atoms with van der Waals surface area (Å²) in [6.45, 7) is 4.91. The molecule has 0 spiro atoms. The van der Waals surface area contributed by atoms with Crippen LogP contribution in [0.25, 0.3) is 0 Å². The van der Waals surface area contributed by atoms with Gasteiger partial charge in [0.15, 0.2) is 5.11 Å². The monoisotopic (exact) mass is 342 g/mol. The first kappa shape index (κ1) is 16.1. The molecule has 0 aliphatic heterocycles. The molecule has 0 saturated heterocycles. The number of halogens is 2. The van der Waals surface area contributed by atoms with Gasteiger partial charge in [0.2, 0.25) is 0 Å². The van der Waals surface area contributed by atoms with Gasteiger partial charge in [-0.25, -0.2) is 0 Å². The van der Waals surface area contributed by atoms with Crippen molar-refractivity contribution in [1.82, 2.24) is 15.1 Å². The fourth-order valence-electron chi connectivity index (χ4n) is 1.99. The fraction of sp³-hybridized carbons (Fsp3) is 0.286. The highest BCUT2D eigenvalue weighted by molar-refractivity contribution is 7.80. The van der Waals surface area contributed by atoms with Crippen LogP contribution in [0.5, 0.6) is 0 Å². The zero-order valence-corrected chi connectivity index (χ0v) is 14.1. The van der Waals surface area contributed by atoms with E-state index in [4.69, 9.17) is 35.4 Å². The second-order valence-corrected chi connectivity index (χ2v) is 5.74. The summed E-state index contributed by atoms with van der Waals surface area (Å²) in [6, 6.07) is 7.31. The molecule has 1 aromatic carbocycles. The van der Waals surface area contributed by atoms with Gasteiger partial charge in [0, 0.05) is 18.4 Å². The molecule has 4 nitrogen and oxygen atoms in total. The summed E-state index contributed by atoms with van der Waals surface area (Å²) in [5.41, 5.74) is 1.87. The Morgan fingerprint density at radius 2 is 2.10 bits per heavy atom. The lowest BCUT2D eigenvalue weighted by Crippen LogP contribution is -2.32. The van der Waals surface area contributed by atoms with Crippen LogP contribution < -0.4 is 10.6 Å². The largest absolute Gasteiger partial charge is 0.354 e. The van der Waals surface area contributed by atoms with E-state index in [0.29, 0.717) is 15.2 Å². The molecule has 21 heavy (non-hydrogen) atoms. The molecule has 0 radical (unpaired) electrons. The van der Waals surface area contributed by atoms with Crippen molar-refractivity contribution in [2.45, 2.75) is 26.4 Å². The lowest BCUT2D eigenvalue weighted by molar-refractivity contribution is 0.568. The Balaban J connectivity index is 1.99. The van der Waals surface area contributed by atoms with Crippen LogP contribution in [-0.2, 0) is 6.54 Å². The minimum absolute atomic E-state index is 0.0511. The Labute approximate surface area is 139 Å². The third-order valence-electron chi connectivity index (χ3n) is 3.02. The molecule has 1 aromatic heterocycles. The average Bonchev–Trinajstić information content (AvgIpc) is 2.91. The van der Waals surface area contributed by atoms with E-state index in [2.05, 4.69) is 22.7 Å². The number of benzene rings is 1. The van der Waals surface area contributed by atoms with Gasteiger partial charge in [-0.15, -0.1) is 0 Å². The second kappa shape index (κ2) is 7.11. The molecule has 2 aromatic rings. The predicted octanol–water partition coefficient (Wildman–Crippen LogP) is 4.26. The molecule has 0 aliphatic carbocycles. The Morgan fingerprint density at radius 3 is 2.76 bits per heavy atom. The van der Waals surface area contributed by atoms with Crippen LogP contribution in [0.4, 0.5) is 5.69 Å². The van der Waals surface area contributed by atoms with Crippen molar-refractivity contribution < 1.29 is 0 Å². The highest BCUT2D eigenvalue weighted by Gasteiger charge is 2.11. The van der Waals surface area contributed by atoms with E-state index in [0.717, 1.165) is 17.9 Å². The lowest BCUT2D eigenvalue weighted by Gasteiger charge is -2.18. The third-order valence-corrected chi connectivity index (χ3v) is 3.98. The maximum Gasteiger partial charge on any atom is 0.171 e. The number of rotatable bonds is 4. The number of thiocarbonyl (C=S) groups is 1. The minimum atomic E-state index is 0.0511. The zero-order chi connectivity index (χ0) is 15.4. The molecule has 2 rings (SSSR count). The molecule has 0 fully saturated rings. The summed E-state index contributed by atoms with van der Waals surface area (Å²) in [5.74, 6) is 0. The first-order valence-corrected chi connectivity index (χ1v) is 7.72. The molecule has 1 heterocycles. The minimum Gasteiger partial charge on any atom is -0.354 e. The molecule has 112 valence electrons. The van der Waals surface area contributed by atoms with E-state index in [1.165, 1.54) is 0 Å². The Hall–Kier alpha value is -1.30. The number of nitrogens with one attached hydrogen (secondary N) is 2. The molecule has 1 atom stereocenters. The molecular formula is C14H16Cl2N4S. The number of nitrogens with zero attached hydrogens (tertiary/aromatic N) is 2. The van der Waals surface area contributed by atoms with Crippen molar-refractivity contribution in [1.29, 1.82) is 0 Å². The van der Waals surface area contributed by atoms with Crippen LogP contribution in [0, 0.1) is 0 Å². The lowest BCUT2D eigenvalue weighted by atomic mass is 10.2. The van der Waals surface area contributed by atoms with E-state index in [1.54, 1.807) is 18.3 Å². The Bertz CT molecular complexity index is 642. The standard InChI is InChI=1S/C14H16Cl2N4S/c1-3-20-13(6-7-17-20)9(2)18-14(21)19-10-4-5-11(15)12(16)8-10/h4-9H,3H2,1-2H3,(H2,18,19,21). The van der Waals surface area contributed by atoms with Gasteiger partial charge in [-0.3, -0.25) is 4.68 Å². The van der Waals surface area contributed by atoms with Gasteiger partial charge >= 0.3 is 0 Å². The number of hydrogen-bond donors (Lipinski definition) is 2. The van der Waals surface area contributed by atoms with Crippen LogP contribution in [0.3, 0.4) is 0 Å². The molecule has 1 unspecified atom stereocenters. The summed E-state index contributed by atoms with van der Waals surface area (Å²) >= 11 is 17.2. The fourth-order valence-corrected chi connectivity index (χ4v) is 2.58. The van der Waals surface area contributed by atoms with Crippen molar-refractivity contribution in [2.24, 2.45) is 0 Å². The van der Waals surface area contributed by atoms with Gasteiger partial charge in [-0.05, 0) is 50.3 Å². The van der Waals surface area contributed by atoms with Gasteiger partial charge < -0.3 is 10.6 Å². The molecule has 0 bridgehead atoms. The predicted molar refractivity (Wildman–Crippen MR) is 92.1 cm³/mol. The maximum absolute atomic E-state index is 5.98. The summed E-state index contributed by atoms with van der Waals surface area (Å²) in [5, 5.41) is 12.1. The molecule has 0 amide bonds. The highest BCUT2D eigenvalue weighted by Crippen LogP contribution is 2.25. The van der Waals surface area contributed by atoms with Crippen molar-refractivity contribution in [2.75, 3.05) is 5.32 Å². The highest BCUT2D eigenvalue weighted by atomic mass is 35.5. The van der Waals surface area contributed by atoms with Crippen LogP contribution in [0.1, 0.15) is 25.6 Å². The van der Waals surface area contributed by atoms with Crippen LogP contribution in [-0.4, -0.2) is 14.9 Å². The van der Waals surface area contributed by atoms with E-state index in [9.17, 15) is 0 Å². The van der Waals surface area contributed by atoms with E-state index >= 15 is 0 Å². The van der Waals surface area contributed by atoms with Crippen LogP contribution >= 0.6 is 35.4 Å². The number of aromatic nitrogens is 2. The molecular weight excluding hydrogens is 327 g/mol. The maximum atomic E-state index is 5.98. The van der Waals surface area contributed by atoms with Crippen molar-refractivity contribution in [3.63, 3.8) is 0 Å². The smallest absolute Gasteiger partial charge is 0.171 e. The zero-order valence-electron chi connectivity index (χ0n) is 11.7. The first-order chi connectivity index (χ1) is 10.0. The SMILES string of the molecule is CCn1nccc1C(C)NC(=S)Nc1ccc(Cl)c(Cl)c1. The van der Waals surface area contributed by atoms with E-state index < -0.39 is 0 Å². The third kappa shape index (κ3) is 4.09. The van der Waals surface area contributed by atoms with Crippen molar-refractivity contribution in [3.8, 4) is 0 Å². The quantitative estimate of drug-likeness (QED) is 0.814. The number of hydrogen-bond acceptors (Lipinski definition) is 2. The normalized spacial score (nSPS) is 12.0. The van der Waals surface area contributed by atoms with Crippen LogP contribution in [0.15, 0.2) is 30.5 Å². The summed E-state index contributed by atoms with van der Waals surface area (Å²) < 4.78 is 1.93. The molecule has 2 N–H and O–H groups in total. The summed E-state index contributed by atoms with van der Waals surface area (Å²) in [4.78, 5) is 0. The molecule has 0 aliphatic rings. The molecule has 0 saturated carbocycles. The van der Waals surface area contributed by atoms with Crippen molar-refractivity contribution in [3.05, 3.63) is 46.2 Å². The Kier molecular flexibility index (Phi) is 5.45. The summed E-state index contributed by atoms with van der Waals surface area (Å²) in [6.07, 6.45) is 1.78. The van der Waals surface area contributed by atoms with Crippen molar-refractivity contribution >= 4 is 46.2 Å². The van der Waals surface area contributed by atoms with Gasteiger partial charge in [-0.1, -0.05) is 23.2 Å². The molecule has 7 heteroatoms. The average molecular weight is 343 g/mol. The van der Waals surface area contributed by atoms with Gasteiger partial charge in [0.1, 0.15) is 0 Å². The topological polar surface area (TPSA) is 41.9 Å². The second-order valence-electron chi connectivity index (χ2n) is 4.52. The first-order valence-electron chi connectivity index (χ1n) is 6.55.